The van der Waals surface area contributed by atoms with Crippen LogP contribution in [-0.2, 0) is 4.84 Å². The van der Waals surface area contributed by atoms with Crippen molar-refractivity contribution in [2.75, 3.05) is 26.2 Å². The second-order valence-corrected chi connectivity index (χ2v) is 5.60. The summed E-state index contributed by atoms with van der Waals surface area (Å²) in [5.74, 6) is 6.89. The SMILES string of the molecule is C/C(C#Cc1ccccc1)=C/CO/N=C1/CN2CCC1C2. The van der Waals surface area contributed by atoms with Crippen LogP contribution in [0.25, 0.3) is 0 Å². The Balaban J connectivity index is 1.48. The fraction of sp³-hybridized carbons (Fsp3) is 0.389. The number of hydrogen-bond acceptors (Lipinski definition) is 3. The molecule has 21 heavy (non-hydrogen) atoms. The Morgan fingerprint density at radius 3 is 3.00 bits per heavy atom. The minimum absolute atomic E-state index is 0.492. The molecule has 0 saturated carbocycles. The average molecular weight is 280 g/mol. The van der Waals surface area contributed by atoms with Crippen molar-refractivity contribution in [2.45, 2.75) is 13.3 Å². The van der Waals surface area contributed by atoms with Gasteiger partial charge in [0.05, 0.1) is 5.71 Å². The number of benzene rings is 1. The highest BCUT2D eigenvalue weighted by molar-refractivity contribution is 5.91. The highest BCUT2D eigenvalue weighted by atomic mass is 16.6. The topological polar surface area (TPSA) is 24.8 Å². The molecule has 2 unspecified atom stereocenters. The van der Waals surface area contributed by atoms with Gasteiger partial charge in [0, 0.05) is 24.6 Å². The highest BCUT2D eigenvalue weighted by Crippen LogP contribution is 2.25. The third kappa shape index (κ3) is 3.74. The monoisotopic (exact) mass is 280 g/mol. The van der Waals surface area contributed by atoms with E-state index in [1.165, 1.54) is 25.2 Å². The molecular weight excluding hydrogens is 260 g/mol. The lowest BCUT2D eigenvalue weighted by Gasteiger charge is -2.12. The summed E-state index contributed by atoms with van der Waals surface area (Å²) in [5.41, 5.74) is 3.25. The average Bonchev–Trinajstić information content (AvgIpc) is 3.13. The first kappa shape index (κ1) is 13.9. The fourth-order valence-electron chi connectivity index (χ4n) is 2.74. The fourth-order valence-corrected chi connectivity index (χ4v) is 2.74. The van der Waals surface area contributed by atoms with Gasteiger partial charge in [0.1, 0.15) is 6.61 Å². The quantitative estimate of drug-likeness (QED) is 0.483. The molecule has 108 valence electrons. The molecule has 2 saturated heterocycles. The van der Waals surface area contributed by atoms with Gasteiger partial charge >= 0.3 is 0 Å². The van der Waals surface area contributed by atoms with Gasteiger partial charge in [-0.1, -0.05) is 35.2 Å². The van der Waals surface area contributed by atoms with Crippen LogP contribution in [-0.4, -0.2) is 36.9 Å². The summed E-state index contributed by atoms with van der Waals surface area (Å²) in [6.45, 7) is 5.86. The number of fused-ring (bicyclic) bond motifs is 2. The largest absolute Gasteiger partial charge is 0.392 e. The van der Waals surface area contributed by atoms with Gasteiger partial charge in [-0.2, -0.15) is 0 Å². The second kappa shape index (κ2) is 6.60. The number of hydrogen-bond donors (Lipinski definition) is 0. The first-order valence-corrected chi connectivity index (χ1v) is 7.46. The van der Waals surface area contributed by atoms with Gasteiger partial charge < -0.3 is 4.84 Å². The smallest absolute Gasteiger partial charge is 0.136 e. The van der Waals surface area contributed by atoms with E-state index >= 15 is 0 Å². The van der Waals surface area contributed by atoms with Gasteiger partial charge in [0.25, 0.3) is 0 Å². The van der Waals surface area contributed by atoms with Crippen molar-refractivity contribution in [3.05, 3.63) is 47.5 Å². The molecule has 0 N–H and O–H groups in total. The molecule has 0 spiro atoms. The Kier molecular flexibility index (Phi) is 4.37. The lowest BCUT2D eigenvalue weighted by Crippen LogP contribution is -2.23. The zero-order chi connectivity index (χ0) is 14.5. The molecule has 2 atom stereocenters. The van der Waals surface area contributed by atoms with E-state index in [4.69, 9.17) is 4.84 Å². The van der Waals surface area contributed by atoms with Crippen molar-refractivity contribution >= 4 is 5.71 Å². The van der Waals surface area contributed by atoms with Crippen molar-refractivity contribution in [2.24, 2.45) is 11.1 Å². The van der Waals surface area contributed by atoms with Gasteiger partial charge in [0.15, 0.2) is 0 Å². The molecule has 0 aromatic heterocycles. The van der Waals surface area contributed by atoms with E-state index in [0.29, 0.717) is 12.5 Å². The zero-order valence-electron chi connectivity index (χ0n) is 12.4. The second-order valence-electron chi connectivity index (χ2n) is 5.60. The minimum Gasteiger partial charge on any atom is -0.392 e. The molecule has 3 heteroatoms. The van der Waals surface area contributed by atoms with E-state index in [9.17, 15) is 0 Å². The third-order valence-corrected chi connectivity index (χ3v) is 3.95. The van der Waals surface area contributed by atoms with Gasteiger partial charge in [-0.3, -0.25) is 4.90 Å². The van der Waals surface area contributed by atoms with E-state index in [2.05, 4.69) is 21.9 Å². The van der Waals surface area contributed by atoms with Gasteiger partial charge in [-0.25, -0.2) is 0 Å². The molecule has 2 aliphatic rings. The van der Waals surface area contributed by atoms with Crippen LogP contribution in [0.4, 0.5) is 0 Å². The van der Waals surface area contributed by atoms with Crippen molar-refractivity contribution in [3.8, 4) is 11.8 Å². The van der Waals surface area contributed by atoms with Crippen LogP contribution >= 0.6 is 0 Å². The zero-order valence-corrected chi connectivity index (χ0v) is 12.4. The molecule has 2 heterocycles. The molecule has 0 radical (unpaired) electrons. The van der Waals surface area contributed by atoms with E-state index in [1.807, 2.05) is 43.3 Å². The van der Waals surface area contributed by atoms with Crippen LogP contribution in [0.1, 0.15) is 18.9 Å². The Morgan fingerprint density at radius 2 is 2.29 bits per heavy atom. The molecule has 2 fully saturated rings. The number of rotatable bonds is 3. The van der Waals surface area contributed by atoms with E-state index in [0.717, 1.165) is 17.7 Å². The van der Waals surface area contributed by atoms with Crippen LogP contribution in [0.15, 0.2) is 47.1 Å². The van der Waals surface area contributed by atoms with Crippen molar-refractivity contribution in [3.63, 3.8) is 0 Å². The van der Waals surface area contributed by atoms with E-state index in [1.54, 1.807) is 0 Å². The summed E-state index contributed by atoms with van der Waals surface area (Å²) in [6, 6.07) is 9.99. The number of nitrogens with zero attached hydrogens (tertiary/aromatic N) is 2. The van der Waals surface area contributed by atoms with Crippen LogP contribution in [0, 0.1) is 17.8 Å². The Hall–Kier alpha value is -2.05. The summed E-state index contributed by atoms with van der Waals surface area (Å²) in [5, 5.41) is 4.28. The minimum atomic E-state index is 0.492. The molecule has 3 nitrogen and oxygen atoms in total. The summed E-state index contributed by atoms with van der Waals surface area (Å²) in [7, 11) is 0. The summed E-state index contributed by atoms with van der Waals surface area (Å²) in [4.78, 5) is 7.84. The molecule has 2 aliphatic heterocycles. The Labute approximate surface area is 126 Å². The van der Waals surface area contributed by atoms with Gasteiger partial charge in [-0.05, 0) is 43.7 Å². The molecule has 0 aliphatic carbocycles. The van der Waals surface area contributed by atoms with Crippen LogP contribution < -0.4 is 0 Å². The van der Waals surface area contributed by atoms with E-state index < -0.39 is 0 Å². The van der Waals surface area contributed by atoms with Crippen LogP contribution in [0.2, 0.25) is 0 Å². The van der Waals surface area contributed by atoms with Gasteiger partial charge in [-0.15, -0.1) is 0 Å². The van der Waals surface area contributed by atoms with Crippen molar-refractivity contribution in [1.29, 1.82) is 0 Å². The predicted octanol–water partition coefficient (Wildman–Crippen LogP) is 2.69. The lowest BCUT2D eigenvalue weighted by molar-refractivity contribution is 0.171. The van der Waals surface area contributed by atoms with E-state index in [-0.39, 0.29) is 0 Å². The van der Waals surface area contributed by atoms with Crippen molar-refractivity contribution < 1.29 is 4.84 Å². The summed E-state index contributed by atoms with van der Waals surface area (Å²) in [6.07, 6.45) is 3.22. The number of allylic oxidation sites excluding steroid dienone is 1. The molecule has 0 amide bonds. The maximum atomic E-state index is 5.41. The highest BCUT2D eigenvalue weighted by Gasteiger charge is 2.35. The molecule has 1 aromatic carbocycles. The maximum absolute atomic E-state index is 5.41. The molecule has 1 aromatic rings. The maximum Gasteiger partial charge on any atom is 0.136 e. The summed E-state index contributed by atoms with van der Waals surface area (Å²) < 4.78 is 0. The Bertz CT molecular complexity index is 607. The molecule has 2 bridgehead atoms. The summed E-state index contributed by atoms with van der Waals surface area (Å²) >= 11 is 0. The normalized spacial score (nSPS) is 25.8. The third-order valence-electron chi connectivity index (χ3n) is 3.95. The van der Waals surface area contributed by atoms with Crippen molar-refractivity contribution in [1.82, 2.24) is 4.90 Å². The molecule has 3 rings (SSSR count). The first-order chi connectivity index (χ1) is 10.3. The number of piperidine rings is 1. The van der Waals surface area contributed by atoms with Gasteiger partial charge in [0.2, 0.25) is 0 Å². The van der Waals surface area contributed by atoms with Crippen LogP contribution in [0.5, 0.6) is 0 Å². The standard InChI is InChI=1S/C18H20N2O/c1-15(7-8-16-5-3-2-4-6-16)10-12-21-19-18-14-20-11-9-17(18)13-20/h2-6,10,17H,9,11-14H2,1H3/b15-10-,19-18-. The lowest BCUT2D eigenvalue weighted by atomic mass is 10.0. The molecular formula is C18H20N2O. The van der Waals surface area contributed by atoms with Crippen LogP contribution in [0.3, 0.4) is 0 Å². The predicted molar refractivity (Wildman–Crippen MR) is 85.0 cm³/mol. The Morgan fingerprint density at radius 1 is 1.43 bits per heavy atom. The first-order valence-electron chi connectivity index (χ1n) is 7.46. The number of oxime groups is 1.